The van der Waals surface area contributed by atoms with Crippen molar-refractivity contribution in [3.05, 3.63) is 65.1 Å². The fourth-order valence-corrected chi connectivity index (χ4v) is 4.31. The zero-order valence-corrected chi connectivity index (χ0v) is 17.0. The Kier molecular flexibility index (Phi) is 5.67. The second-order valence-electron chi connectivity index (χ2n) is 6.92. The first kappa shape index (κ1) is 19.3. The van der Waals surface area contributed by atoms with E-state index in [-0.39, 0.29) is 11.8 Å². The Balaban J connectivity index is 1.37. The van der Waals surface area contributed by atoms with Gasteiger partial charge in [-0.15, -0.1) is 0 Å². The topological polar surface area (TPSA) is 65.0 Å². The number of hydrogen-bond donors (Lipinski definition) is 1. The van der Waals surface area contributed by atoms with Gasteiger partial charge in [0.25, 0.3) is 5.91 Å². The SMILES string of the molecule is CC(=O)Nc1ccc(/C=C2/SC(N3CCN(c4ccccc4)CC3)=NC2=O)cc1. The predicted octanol–water partition coefficient (Wildman–Crippen LogP) is 3.44. The van der Waals surface area contributed by atoms with E-state index in [0.29, 0.717) is 4.91 Å². The van der Waals surface area contributed by atoms with Crippen LogP contribution in [0.3, 0.4) is 0 Å². The third-order valence-corrected chi connectivity index (χ3v) is 5.85. The molecule has 4 rings (SSSR count). The van der Waals surface area contributed by atoms with Crippen LogP contribution in [-0.2, 0) is 9.59 Å². The molecule has 1 N–H and O–H groups in total. The smallest absolute Gasteiger partial charge is 0.286 e. The Labute approximate surface area is 174 Å². The summed E-state index contributed by atoms with van der Waals surface area (Å²) in [6.07, 6.45) is 1.85. The highest BCUT2D eigenvalue weighted by Gasteiger charge is 2.28. The summed E-state index contributed by atoms with van der Waals surface area (Å²) in [4.78, 5) is 32.9. The third-order valence-electron chi connectivity index (χ3n) is 4.81. The molecule has 0 unspecified atom stereocenters. The summed E-state index contributed by atoms with van der Waals surface area (Å²) < 4.78 is 0. The maximum atomic E-state index is 12.4. The van der Waals surface area contributed by atoms with Gasteiger partial charge < -0.3 is 15.1 Å². The van der Waals surface area contributed by atoms with Gasteiger partial charge in [-0.3, -0.25) is 9.59 Å². The molecule has 0 saturated carbocycles. The highest BCUT2D eigenvalue weighted by atomic mass is 32.2. The maximum Gasteiger partial charge on any atom is 0.286 e. The van der Waals surface area contributed by atoms with Crippen molar-refractivity contribution in [1.29, 1.82) is 0 Å². The monoisotopic (exact) mass is 406 g/mol. The van der Waals surface area contributed by atoms with E-state index in [1.54, 1.807) is 0 Å². The van der Waals surface area contributed by atoms with E-state index in [1.807, 2.05) is 36.4 Å². The van der Waals surface area contributed by atoms with Crippen LogP contribution in [0.2, 0.25) is 0 Å². The van der Waals surface area contributed by atoms with Gasteiger partial charge in [-0.05, 0) is 47.7 Å². The number of hydrogen-bond acceptors (Lipinski definition) is 5. The number of nitrogens with zero attached hydrogens (tertiary/aromatic N) is 3. The van der Waals surface area contributed by atoms with Crippen LogP contribution in [0.5, 0.6) is 0 Å². The van der Waals surface area contributed by atoms with Crippen LogP contribution in [0.4, 0.5) is 11.4 Å². The number of nitrogens with one attached hydrogen (secondary N) is 1. The van der Waals surface area contributed by atoms with E-state index in [0.717, 1.165) is 42.6 Å². The minimum atomic E-state index is -0.193. The molecule has 2 heterocycles. The summed E-state index contributed by atoms with van der Waals surface area (Å²) in [5.74, 6) is -0.301. The van der Waals surface area contributed by atoms with Crippen LogP contribution < -0.4 is 10.2 Å². The molecule has 2 aliphatic rings. The zero-order valence-electron chi connectivity index (χ0n) is 16.2. The molecule has 1 fully saturated rings. The van der Waals surface area contributed by atoms with Gasteiger partial charge >= 0.3 is 0 Å². The predicted molar refractivity (Wildman–Crippen MR) is 119 cm³/mol. The average Bonchev–Trinajstić information content (AvgIpc) is 3.10. The number of anilines is 2. The van der Waals surface area contributed by atoms with E-state index >= 15 is 0 Å². The second-order valence-corrected chi connectivity index (χ2v) is 7.93. The molecule has 148 valence electrons. The number of carbonyl (C=O) groups is 2. The number of aliphatic imine (C=N–C) groups is 1. The number of amides is 2. The molecule has 2 aliphatic heterocycles. The van der Waals surface area contributed by atoms with E-state index in [1.165, 1.54) is 24.4 Å². The lowest BCUT2D eigenvalue weighted by molar-refractivity contribution is -0.114. The number of benzene rings is 2. The number of rotatable bonds is 3. The van der Waals surface area contributed by atoms with Gasteiger partial charge in [0, 0.05) is 44.5 Å². The van der Waals surface area contributed by atoms with Gasteiger partial charge in [-0.2, -0.15) is 4.99 Å². The molecular weight excluding hydrogens is 384 g/mol. The van der Waals surface area contributed by atoms with Gasteiger partial charge in [0.2, 0.25) is 5.91 Å². The minimum Gasteiger partial charge on any atom is -0.368 e. The van der Waals surface area contributed by atoms with E-state index < -0.39 is 0 Å². The molecule has 0 aromatic heterocycles. The standard InChI is InChI=1S/C22H22N4O2S/c1-16(27)23-18-9-7-17(8-10-18)15-20-21(28)24-22(29-20)26-13-11-25(12-14-26)19-5-3-2-4-6-19/h2-10,15H,11-14H2,1H3,(H,23,27)/b20-15+. The largest absolute Gasteiger partial charge is 0.368 e. The van der Waals surface area contributed by atoms with Crippen LogP contribution in [0.15, 0.2) is 64.5 Å². The fraction of sp³-hybridized carbons (Fsp3) is 0.227. The second kappa shape index (κ2) is 8.53. The molecule has 7 heteroatoms. The van der Waals surface area contributed by atoms with Gasteiger partial charge in [-0.25, -0.2) is 0 Å². The lowest BCUT2D eigenvalue weighted by atomic mass is 10.2. The van der Waals surface area contributed by atoms with Crippen molar-refractivity contribution in [2.45, 2.75) is 6.92 Å². The van der Waals surface area contributed by atoms with Gasteiger partial charge in [0.1, 0.15) is 0 Å². The van der Waals surface area contributed by atoms with E-state index in [4.69, 9.17) is 0 Å². The molecule has 0 radical (unpaired) electrons. The van der Waals surface area contributed by atoms with Crippen LogP contribution in [0.1, 0.15) is 12.5 Å². The highest BCUT2D eigenvalue weighted by Crippen LogP contribution is 2.31. The number of para-hydroxylation sites is 1. The summed E-state index contributed by atoms with van der Waals surface area (Å²) in [7, 11) is 0. The average molecular weight is 407 g/mol. The molecule has 0 aliphatic carbocycles. The Morgan fingerprint density at radius 2 is 1.66 bits per heavy atom. The van der Waals surface area contributed by atoms with E-state index in [9.17, 15) is 9.59 Å². The van der Waals surface area contributed by atoms with Crippen molar-refractivity contribution in [2.24, 2.45) is 4.99 Å². The molecule has 6 nitrogen and oxygen atoms in total. The molecular formula is C22H22N4O2S. The van der Waals surface area contributed by atoms with Crippen LogP contribution >= 0.6 is 11.8 Å². The van der Waals surface area contributed by atoms with Gasteiger partial charge in [0.15, 0.2) is 5.17 Å². The first-order valence-electron chi connectivity index (χ1n) is 9.54. The van der Waals surface area contributed by atoms with Crippen molar-refractivity contribution in [1.82, 2.24) is 4.90 Å². The number of amidine groups is 1. The first-order valence-corrected chi connectivity index (χ1v) is 10.4. The van der Waals surface area contributed by atoms with Crippen molar-refractivity contribution >= 4 is 46.2 Å². The van der Waals surface area contributed by atoms with Gasteiger partial charge in [-0.1, -0.05) is 30.3 Å². The van der Waals surface area contributed by atoms with Crippen molar-refractivity contribution in [2.75, 3.05) is 36.4 Å². The Hall–Kier alpha value is -3.06. The quantitative estimate of drug-likeness (QED) is 0.791. The van der Waals surface area contributed by atoms with Crippen LogP contribution in [-0.4, -0.2) is 48.1 Å². The van der Waals surface area contributed by atoms with Crippen LogP contribution in [0.25, 0.3) is 6.08 Å². The number of thioether (sulfide) groups is 1. The summed E-state index contributed by atoms with van der Waals surface area (Å²) in [5, 5.41) is 3.52. The van der Waals surface area contributed by atoms with E-state index in [2.05, 4.69) is 44.4 Å². The molecule has 0 bridgehead atoms. The van der Waals surface area contributed by atoms with Crippen molar-refractivity contribution in [3.8, 4) is 0 Å². The summed E-state index contributed by atoms with van der Waals surface area (Å²) >= 11 is 1.43. The Morgan fingerprint density at radius 1 is 1.00 bits per heavy atom. The molecule has 0 atom stereocenters. The molecule has 2 amide bonds. The molecule has 2 aromatic carbocycles. The molecule has 2 aromatic rings. The molecule has 1 saturated heterocycles. The zero-order chi connectivity index (χ0) is 20.2. The fourth-order valence-electron chi connectivity index (χ4n) is 3.35. The summed E-state index contributed by atoms with van der Waals surface area (Å²) in [5.41, 5.74) is 2.87. The van der Waals surface area contributed by atoms with Crippen molar-refractivity contribution < 1.29 is 9.59 Å². The minimum absolute atomic E-state index is 0.108. The third kappa shape index (κ3) is 4.68. The highest BCUT2D eigenvalue weighted by molar-refractivity contribution is 8.18. The Bertz CT molecular complexity index is 962. The Morgan fingerprint density at radius 3 is 2.31 bits per heavy atom. The van der Waals surface area contributed by atoms with Gasteiger partial charge in [0.05, 0.1) is 4.91 Å². The summed E-state index contributed by atoms with van der Waals surface area (Å²) in [6.45, 7) is 4.96. The molecule has 29 heavy (non-hydrogen) atoms. The molecule has 0 spiro atoms. The number of piperazine rings is 1. The summed E-state index contributed by atoms with van der Waals surface area (Å²) in [6, 6.07) is 17.8. The number of carbonyl (C=O) groups excluding carboxylic acids is 2. The van der Waals surface area contributed by atoms with Crippen molar-refractivity contribution in [3.63, 3.8) is 0 Å². The van der Waals surface area contributed by atoms with Crippen LogP contribution in [0, 0.1) is 0 Å². The maximum absolute atomic E-state index is 12.4. The first-order chi connectivity index (χ1) is 14.1. The lowest BCUT2D eigenvalue weighted by Gasteiger charge is -2.36. The lowest BCUT2D eigenvalue weighted by Crippen LogP contribution is -2.47. The normalized spacial score (nSPS) is 18.2.